The molecule has 0 bridgehead atoms. The first kappa shape index (κ1) is 20.1. The molecular weight excluding hydrogens is 355 g/mol. The number of halogens is 3. The van der Waals surface area contributed by atoms with Gasteiger partial charge in [-0.1, -0.05) is 18.9 Å². The summed E-state index contributed by atoms with van der Waals surface area (Å²) in [6.07, 6.45) is 10.5. The summed E-state index contributed by atoms with van der Waals surface area (Å²) in [4.78, 5) is 1.73. The predicted molar refractivity (Wildman–Crippen MR) is 98.5 cm³/mol. The van der Waals surface area contributed by atoms with E-state index >= 15 is 0 Å². The molecule has 27 heavy (non-hydrogen) atoms. The molecule has 0 aromatic heterocycles. The van der Waals surface area contributed by atoms with Gasteiger partial charge in [0.15, 0.2) is 6.10 Å². The number of alkyl halides is 3. The number of rotatable bonds is 7. The summed E-state index contributed by atoms with van der Waals surface area (Å²) >= 11 is 0. The minimum absolute atomic E-state index is 0.394. The maximum Gasteiger partial charge on any atom is 0.416 e. The van der Waals surface area contributed by atoms with E-state index in [9.17, 15) is 18.3 Å². The van der Waals surface area contributed by atoms with Crippen molar-refractivity contribution in [1.82, 2.24) is 4.90 Å². The summed E-state index contributed by atoms with van der Waals surface area (Å²) in [5.74, 6) is 1.85. The van der Waals surface area contributed by atoms with Crippen LogP contribution in [0.25, 0.3) is 0 Å². The summed E-state index contributed by atoms with van der Waals surface area (Å²) in [7, 11) is 0. The monoisotopic (exact) mass is 383 g/mol. The fourth-order valence-electron chi connectivity index (χ4n) is 3.91. The Morgan fingerprint density at radius 2 is 1.85 bits per heavy atom. The Labute approximate surface area is 158 Å². The Kier molecular flexibility index (Phi) is 6.68. The van der Waals surface area contributed by atoms with E-state index in [1.807, 2.05) is 24.3 Å². The van der Waals surface area contributed by atoms with E-state index in [4.69, 9.17) is 4.74 Å². The van der Waals surface area contributed by atoms with Crippen LogP contribution in [0.1, 0.15) is 51.4 Å². The third-order valence-corrected chi connectivity index (χ3v) is 5.38. The molecule has 6 heteroatoms. The molecule has 3 rings (SSSR count). The highest BCUT2D eigenvalue weighted by Crippen LogP contribution is 2.31. The van der Waals surface area contributed by atoms with Gasteiger partial charge in [-0.05, 0) is 68.7 Å². The fraction of sp³-hybridized carbons (Fsp3) is 0.619. The zero-order valence-electron chi connectivity index (χ0n) is 15.5. The van der Waals surface area contributed by atoms with Gasteiger partial charge in [0, 0.05) is 12.2 Å². The van der Waals surface area contributed by atoms with E-state index in [-0.39, 0.29) is 0 Å². The SMILES string of the molecule is OC(CN(CC1CCCC1)C1=CC(OC2=CCCC=C2)=CCC1)C(F)(F)F. The Balaban J connectivity index is 1.72. The van der Waals surface area contributed by atoms with Gasteiger partial charge in [-0.25, -0.2) is 0 Å². The highest BCUT2D eigenvalue weighted by molar-refractivity contribution is 5.27. The number of hydrogen-bond acceptors (Lipinski definition) is 3. The van der Waals surface area contributed by atoms with Crippen LogP contribution in [0.3, 0.4) is 0 Å². The average Bonchev–Trinajstić information content (AvgIpc) is 3.14. The van der Waals surface area contributed by atoms with Crippen molar-refractivity contribution in [2.75, 3.05) is 13.1 Å². The predicted octanol–water partition coefficient (Wildman–Crippen LogP) is 5.21. The van der Waals surface area contributed by atoms with E-state index < -0.39 is 18.8 Å². The van der Waals surface area contributed by atoms with Gasteiger partial charge < -0.3 is 14.7 Å². The van der Waals surface area contributed by atoms with Crippen LogP contribution in [0.5, 0.6) is 0 Å². The molecule has 1 N–H and O–H groups in total. The summed E-state index contributed by atoms with van der Waals surface area (Å²) in [6, 6.07) is 0. The van der Waals surface area contributed by atoms with Gasteiger partial charge in [0.2, 0.25) is 0 Å². The average molecular weight is 383 g/mol. The van der Waals surface area contributed by atoms with Gasteiger partial charge in [-0.15, -0.1) is 0 Å². The molecule has 1 saturated carbocycles. The van der Waals surface area contributed by atoms with Crippen molar-refractivity contribution in [1.29, 1.82) is 0 Å². The first-order valence-electron chi connectivity index (χ1n) is 9.87. The Morgan fingerprint density at radius 1 is 1.11 bits per heavy atom. The molecule has 3 nitrogen and oxygen atoms in total. The number of aliphatic hydroxyl groups is 1. The molecule has 0 saturated heterocycles. The second-order valence-electron chi connectivity index (χ2n) is 7.58. The van der Waals surface area contributed by atoms with Crippen molar-refractivity contribution in [3.05, 3.63) is 47.6 Å². The van der Waals surface area contributed by atoms with Gasteiger partial charge in [0.25, 0.3) is 0 Å². The first-order valence-corrected chi connectivity index (χ1v) is 9.87. The van der Waals surface area contributed by atoms with E-state index in [1.165, 1.54) is 0 Å². The van der Waals surface area contributed by atoms with Crippen LogP contribution in [-0.2, 0) is 4.74 Å². The topological polar surface area (TPSA) is 32.7 Å². The van der Waals surface area contributed by atoms with E-state index in [2.05, 4.69) is 6.08 Å². The van der Waals surface area contributed by atoms with Crippen LogP contribution in [0.4, 0.5) is 13.2 Å². The zero-order chi connectivity index (χ0) is 19.3. The Bertz CT molecular complexity index is 628. The van der Waals surface area contributed by atoms with Crippen LogP contribution in [0.2, 0.25) is 0 Å². The fourth-order valence-corrected chi connectivity index (χ4v) is 3.91. The van der Waals surface area contributed by atoms with Gasteiger partial charge in [0.1, 0.15) is 11.5 Å². The number of ether oxygens (including phenoxy) is 1. The minimum atomic E-state index is -4.60. The lowest BCUT2D eigenvalue weighted by Gasteiger charge is -2.33. The highest BCUT2D eigenvalue weighted by Gasteiger charge is 2.40. The van der Waals surface area contributed by atoms with Crippen molar-refractivity contribution in [2.45, 2.75) is 63.6 Å². The molecule has 0 aromatic carbocycles. The second kappa shape index (κ2) is 9.00. The molecular formula is C21H28F3NO2. The summed E-state index contributed by atoms with van der Waals surface area (Å²) < 4.78 is 44.7. The molecule has 0 aliphatic heterocycles. The second-order valence-corrected chi connectivity index (χ2v) is 7.58. The van der Waals surface area contributed by atoms with Crippen molar-refractivity contribution >= 4 is 0 Å². The van der Waals surface area contributed by atoms with E-state index in [0.29, 0.717) is 24.6 Å². The maximum atomic E-state index is 12.9. The molecule has 0 radical (unpaired) electrons. The molecule has 3 aliphatic carbocycles. The number of allylic oxidation sites excluding steroid dienone is 6. The molecule has 0 aromatic rings. The standard InChI is InChI=1S/C21H28F3NO2/c22-21(23,24)20(26)15-25(14-16-7-4-5-8-16)17-9-6-12-19(13-17)27-18-10-2-1-3-11-18/h2,10-13,16,20,26H,1,3-9,14-15H2. The van der Waals surface area contributed by atoms with E-state index in [1.54, 1.807) is 4.90 Å². The largest absolute Gasteiger partial charge is 0.458 e. The quantitative estimate of drug-likeness (QED) is 0.655. The molecule has 0 spiro atoms. The van der Waals surface area contributed by atoms with Crippen molar-refractivity contribution < 1.29 is 23.0 Å². The third kappa shape index (κ3) is 5.89. The molecule has 3 aliphatic rings. The lowest BCUT2D eigenvalue weighted by Crippen LogP contribution is -2.42. The Morgan fingerprint density at radius 3 is 2.52 bits per heavy atom. The van der Waals surface area contributed by atoms with Crippen LogP contribution in [0, 0.1) is 5.92 Å². The van der Waals surface area contributed by atoms with Gasteiger partial charge in [-0.3, -0.25) is 0 Å². The van der Waals surface area contributed by atoms with Gasteiger partial charge >= 0.3 is 6.18 Å². The van der Waals surface area contributed by atoms with Crippen LogP contribution in [0.15, 0.2) is 47.6 Å². The summed E-state index contributed by atoms with van der Waals surface area (Å²) in [5.41, 5.74) is 0.822. The molecule has 1 unspecified atom stereocenters. The molecule has 0 amide bonds. The smallest absolute Gasteiger partial charge is 0.416 e. The maximum absolute atomic E-state index is 12.9. The molecule has 1 fully saturated rings. The van der Waals surface area contributed by atoms with Crippen molar-refractivity contribution in [2.24, 2.45) is 5.92 Å². The third-order valence-electron chi connectivity index (χ3n) is 5.38. The number of nitrogens with zero attached hydrogens (tertiary/aromatic N) is 1. The first-order chi connectivity index (χ1) is 12.9. The lowest BCUT2D eigenvalue weighted by molar-refractivity contribution is -0.207. The van der Waals surface area contributed by atoms with Crippen LogP contribution >= 0.6 is 0 Å². The van der Waals surface area contributed by atoms with Gasteiger partial charge in [-0.2, -0.15) is 13.2 Å². The summed E-state index contributed by atoms with van der Waals surface area (Å²) in [6.45, 7) is 0.149. The number of aliphatic hydroxyl groups excluding tert-OH is 1. The van der Waals surface area contributed by atoms with Crippen LogP contribution < -0.4 is 0 Å². The summed E-state index contributed by atoms with van der Waals surface area (Å²) in [5, 5.41) is 9.63. The molecule has 0 heterocycles. The zero-order valence-corrected chi connectivity index (χ0v) is 15.5. The van der Waals surface area contributed by atoms with Crippen molar-refractivity contribution in [3.63, 3.8) is 0 Å². The normalized spacial score (nSPS) is 22.1. The minimum Gasteiger partial charge on any atom is -0.458 e. The lowest BCUT2D eigenvalue weighted by atomic mass is 10.0. The highest BCUT2D eigenvalue weighted by atomic mass is 19.4. The van der Waals surface area contributed by atoms with Gasteiger partial charge in [0.05, 0.1) is 6.54 Å². The number of hydrogen-bond donors (Lipinski definition) is 1. The molecule has 150 valence electrons. The Hall–Kier alpha value is -1.69. The van der Waals surface area contributed by atoms with E-state index in [0.717, 1.165) is 56.4 Å². The van der Waals surface area contributed by atoms with Crippen LogP contribution in [-0.4, -0.2) is 35.4 Å². The molecule has 1 atom stereocenters. The van der Waals surface area contributed by atoms with Crippen molar-refractivity contribution in [3.8, 4) is 0 Å².